The first-order valence-corrected chi connectivity index (χ1v) is 12.6. The lowest BCUT2D eigenvalue weighted by Crippen LogP contribution is -2.67. The molecule has 3 atom stereocenters. The molecule has 4 nitrogen and oxygen atoms in total. The van der Waals surface area contributed by atoms with E-state index in [0.29, 0.717) is 30.0 Å². The standard InChI is InChI=1S/C26H54N4/c1-19(2)25(9,10)28-13-14-29(24(6,7)8)23(18-28)15-22-17-30(21(5)16-27-22)26(11,12)20(3)4/h19-23,27H,13-18H2,1-12H3. The van der Waals surface area contributed by atoms with Crippen LogP contribution in [0.2, 0.25) is 0 Å². The predicted octanol–water partition coefficient (Wildman–Crippen LogP) is 4.69. The Bertz CT molecular complexity index is 546. The van der Waals surface area contributed by atoms with Gasteiger partial charge < -0.3 is 5.32 Å². The van der Waals surface area contributed by atoms with Gasteiger partial charge in [-0.15, -0.1) is 0 Å². The van der Waals surface area contributed by atoms with E-state index in [1.807, 2.05) is 0 Å². The lowest BCUT2D eigenvalue weighted by Gasteiger charge is -2.55. The van der Waals surface area contributed by atoms with Crippen molar-refractivity contribution in [3.05, 3.63) is 0 Å². The Morgan fingerprint density at radius 1 is 0.800 bits per heavy atom. The van der Waals surface area contributed by atoms with E-state index in [9.17, 15) is 0 Å². The van der Waals surface area contributed by atoms with Gasteiger partial charge in [-0.3, -0.25) is 14.7 Å². The van der Waals surface area contributed by atoms with Crippen molar-refractivity contribution >= 4 is 0 Å². The maximum atomic E-state index is 3.92. The third-order valence-electron chi connectivity index (χ3n) is 8.93. The third-order valence-corrected chi connectivity index (χ3v) is 8.93. The normalized spacial score (nSPS) is 29.2. The summed E-state index contributed by atoms with van der Waals surface area (Å²) in [6.45, 7) is 34.6. The molecule has 2 aliphatic rings. The van der Waals surface area contributed by atoms with E-state index < -0.39 is 0 Å². The van der Waals surface area contributed by atoms with Crippen LogP contribution < -0.4 is 5.32 Å². The van der Waals surface area contributed by atoms with E-state index in [0.717, 1.165) is 13.1 Å². The van der Waals surface area contributed by atoms with Crippen LogP contribution in [0.3, 0.4) is 0 Å². The molecule has 30 heavy (non-hydrogen) atoms. The molecule has 1 N–H and O–H groups in total. The number of rotatable bonds is 6. The Morgan fingerprint density at radius 3 is 1.87 bits per heavy atom. The fraction of sp³-hybridized carbons (Fsp3) is 1.00. The molecule has 0 aromatic carbocycles. The Balaban J connectivity index is 2.18. The van der Waals surface area contributed by atoms with Crippen LogP contribution in [0.1, 0.15) is 89.5 Å². The predicted molar refractivity (Wildman–Crippen MR) is 132 cm³/mol. The van der Waals surface area contributed by atoms with Crippen LogP contribution in [0.15, 0.2) is 0 Å². The number of hydrogen-bond acceptors (Lipinski definition) is 4. The zero-order valence-electron chi connectivity index (χ0n) is 22.5. The Hall–Kier alpha value is -0.160. The van der Waals surface area contributed by atoms with E-state index in [1.54, 1.807) is 0 Å². The molecule has 0 aliphatic carbocycles. The molecule has 0 aromatic heterocycles. The van der Waals surface area contributed by atoms with Crippen molar-refractivity contribution in [3.8, 4) is 0 Å². The SMILES string of the molecule is CC1CNC(CC2CN(C(C)(C)C(C)C)CCN2C(C)(C)C)CN1C(C)(C)C(C)C. The highest BCUT2D eigenvalue weighted by Crippen LogP contribution is 2.33. The second-order valence-corrected chi connectivity index (χ2v) is 12.9. The molecule has 0 spiro atoms. The molecule has 2 saturated heterocycles. The lowest BCUT2D eigenvalue weighted by molar-refractivity contribution is -0.0516. The summed E-state index contributed by atoms with van der Waals surface area (Å²) in [5, 5.41) is 3.92. The summed E-state index contributed by atoms with van der Waals surface area (Å²) in [6.07, 6.45) is 1.24. The summed E-state index contributed by atoms with van der Waals surface area (Å²) in [6, 6.07) is 1.77. The van der Waals surface area contributed by atoms with E-state index in [2.05, 4.69) is 103 Å². The number of piperazine rings is 2. The molecule has 2 fully saturated rings. The van der Waals surface area contributed by atoms with Crippen LogP contribution in [0.4, 0.5) is 0 Å². The summed E-state index contributed by atoms with van der Waals surface area (Å²) < 4.78 is 0. The smallest absolute Gasteiger partial charge is 0.0244 e. The first-order valence-electron chi connectivity index (χ1n) is 12.6. The highest BCUT2D eigenvalue weighted by molar-refractivity contribution is 5.00. The molecule has 0 amide bonds. The van der Waals surface area contributed by atoms with Gasteiger partial charge in [0.2, 0.25) is 0 Å². The zero-order valence-corrected chi connectivity index (χ0v) is 22.5. The number of nitrogens with zero attached hydrogens (tertiary/aromatic N) is 3. The highest BCUT2D eigenvalue weighted by atomic mass is 15.3. The largest absolute Gasteiger partial charge is 0.311 e. The van der Waals surface area contributed by atoms with Crippen molar-refractivity contribution in [1.82, 2.24) is 20.0 Å². The molecule has 2 rings (SSSR count). The quantitative estimate of drug-likeness (QED) is 0.670. The van der Waals surface area contributed by atoms with Crippen LogP contribution in [0, 0.1) is 11.8 Å². The van der Waals surface area contributed by atoms with Crippen LogP contribution in [-0.2, 0) is 0 Å². The van der Waals surface area contributed by atoms with Gasteiger partial charge >= 0.3 is 0 Å². The number of nitrogens with one attached hydrogen (secondary N) is 1. The van der Waals surface area contributed by atoms with Crippen LogP contribution in [-0.4, -0.2) is 82.2 Å². The minimum absolute atomic E-state index is 0.220. The molecule has 4 heteroatoms. The van der Waals surface area contributed by atoms with Crippen LogP contribution >= 0.6 is 0 Å². The summed E-state index contributed by atoms with van der Waals surface area (Å²) >= 11 is 0. The molecule has 0 aromatic rings. The summed E-state index contributed by atoms with van der Waals surface area (Å²) in [4.78, 5) is 8.34. The Labute approximate surface area is 189 Å². The van der Waals surface area contributed by atoms with Crippen LogP contribution in [0.5, 0.6) is 0 Å². The van der Waals surface area contributed by atoms with Gasteiger partial charge in [0.05, 0.1) is 0 Å². The van der Waals surface area contributed by atoms with Crippen molar-refractivity contribution in [3.63, 3.8) is 0 Å². The van der Waals surface area contributed by atoms with E-state index in [1.165, 1.54) is 26.1 Å². The lowest BCUT2D eigenvalue weighted by atomic mass is 9.84. The first-order chi connectivity index (χ1) is 13.6. The molecule has 2 heterocycles. The zero-order chi connectivity index (χ0) is 23.1. The molecule has 2 aliphatic heterocycles. The molecule has 0 saturated carbocycles. The summed E-state index contributed by atoms with van der Waals surface area (Å²) in [7, 11) is 0. The van der Waals surface area contributed by atoms with Gasteiger partial charge in [0, 0.05) is 67.5 Å². The van der Waals surface area contributed by atoms with Gasteiger partial charge in [-0.05, 0) is 73.6 Å². The molecule has 0 radical (unpaired) electrons. The first kappa shape index (κ1) is 26.1. The number of hydrogen-bond donors (Lipinski definition) is 1. The summed E-state index contributed by atoms with van der Waals surface area (Å²) in [5.74, 6) is 1.32. The van der Waals surface area contributed by atoms with Gasteiger partial charge in [-0.1, -0.05) is 27.7 Å². The Kier molecular flexibility index (Phi) is 8.15. The molecular formula is C26H54N4. The topological polar surface area (TPSA) is 21.8 Å². The molecule has 0 bridgehead atoms. The van der Waals surface area contributed by atoms with Gasteiger partial charge in [-0.25, -0.2) is 0 Å². The van der Waals surface area contributed by atoms with Gasteiger partial charge in [0.25, 0.3) is 0 Å². The minimum atomic E-state index is 0.220. The molecular weight excluding hydrogens is 368 g/mol. The summed E-state index contributed by atoms with van der Waals surface area (Å²) in [5.41, 5.74) is 0.710. The van der Waals surface area contributed by atoms with Crippen molar-refractivity contribution < 1.29 is 0 Å². The monoisotopic (exact) mass is 422 g/mol. The van der Waals surface area contributed by atoms with E-state index in [4.69, 9.17) is 0 Å². The van der Waals surface area contributed by atoms with Crippen molar-refractivity contribution in [2.75, 3.05) is 32.7 Å². The average Bonchev–Trinajstić information content (AvgIpc) is 2.61. The Morgan fingerprint density at radius 2 is 1.37 bits per heavy atom. The highest BCUT2D eigenvalue weighted by Gasteiger charge is 2.42. The maximum absolute atomic E-state index is 3.92. The van der Waals surface area contributed by atoms with Gasteiger partial charge in [-0.2, -0.15) is 0 Å². The fourth-order valence-electron chi connectivity index (χ4n) is 5.38. The van der Waals surface area contributed by atoms with Crippen molar-refractivity contribution in [1.29, 1.82) is 0 Å². The van der Waals surface area contributed by atoms with Gasteiger partial charge in [0.15, 0.2) is 0 Å². The molecule has 178 valence electrons. The average molecular weight is 423 g/mol. The molecule has 3 unspecified atom stereocenters. The van der Waals surface area contributed by atoms with Crippen LogP contribution in [0.25, 0.3) is 0 Å². The minimum Gasteiger partial charge on any atom is -0.311 e. The van der Waals surface area contributed by atoms with E-state index >= 15 is 0 Å². The maximum Gasteiger partial charge on any atom is 0.0244 e. The second-order valence-electron chi connectivity index (χ2n) is 12.9. The second kappa shape index (κ2) is 9.37. The van der Waals surface area contributed by atoms with Crippen molar-refractivity contribution in [2.45, 2.75) is 124 Å². The van der Waals surface area contributed by atoms with E-state index in [-0.39, 0.29) is 16.6 Å². The fourth-order valence-corrected chi connectivity index (χ4v) is 5.38. The van der Waals surface area contributed by atoms with Gasteiger partial charge in [0.1, 0.15) is 0 Å². The van der Waals surface area contributed by atoms with Crippen molar-refractivity contribution in [2.24, 2.45) is 11.8 Å². The third kappa shape index (κ3) is 5.60.